The molecule has 0 unspecified atom stereocenters. The molecule has 0 bridgehead atoms. The van der Waals surface area contributed by atoms with E-state index in [1.54, 1.807) is 39.0 Å². The van der Waals surface area contributed by atoms with E-state index in [0.717, 1.165) is 5.56 Å². The van der Waals surface area contributed by atoms with E-state index in [2.05, 4.69) is 10.3 Å². The van der Waals surface area contributed by atoms with E-state index in [-0.39, 0.29) is 17.5 Å². The molecule has 0 saturated carbocycles. The lowest BCUT2D eigenvalue weighted by molar-refractivity contribution is -0.384. The van der Waals surface area contributed by atoms with Crippen LogP contribution in [0.25, 0.3) is 0 Å². The first kappa shape index (κ1) is 20.9. The van der Waals surface area contributed by atoms with Gasteiger partial charge < -0.3 is 15.2 Å². The maximum absolute atomic E-state index is 12.1. The topological polar surface area (TPSA) is 130 Å². The van der Waals surface area contributed by atoms with E-state index in [4.69, 9.17) is 15.2 Å². The number of nitrogens with two attached hydrogens (primary N) is 1. The number of rotatable bonds is 5. The number of carbonyl (C=O) groups is 1. The standard InChI is InChI=1S/C19H24N4O5/c1-11(2)13-10-12(6-7-14(13)22-18(24)28-19(3,4)5)27-15-8-9-21-17(20)16(15)23(25)26/h6-11H,1-5H3,(H2,20,21)(H,22,24). The molecule has 1 heterocycles. The van der Waals surface area contributed by atoms with Gasteiger partial charge in [0.2, 0.25) is 11.6 Å². The number of hydrogen-bond donors (Lipinski definition) is 2. The summed E-state index contributed by atoms with van der Waals surface area (Å²) in [7, 11) is 0. The Morgan fingerprint density at radius 2 is 1.96 bits per heavy atom. The Morgan fingerprint density at radius 1 is 1.29 bits per heavy atom. The molecular formula is C19H24N4O5. The number of nitrogens with one attached hydrogen (secondary N) is 1. The Balaban J connectivity index is 2.32. The molecule has 0 aliphatic carbocycles. The lowest BCUT2D eigenvalue weighted by Gasteiger charge is -2.21. The Bertz CT molecular complexity index is 890. The van der Waals surface area contributed by atoms with Gasteiger partial charge in [-0.05, 0) is 50.5 Å². The van der Waals surface area contributed by atoms with Crippen LogP contribution in [0.5, 0.6) is 11.5 Å². The van der Waals surface area contributed by atoms with Crippen molar-refractivity contribution in [2.75, 3.05) is 11.1 Å². The number of carbonyl (C=O) groups excluding carboxylic acids is 1. The summed E-state index contributed by atoms with van der Waals surface area (Å²) in [5.74, 6) is 0.174. The van der Waals surface area contributed by atoms with Crippen molar-refractivity contribution in [1.29, 1.82) is 0 Å². The van der Waals surface area contributed by atoms with Crippen LogP contribution in [0.2, 0.25) is 0 Å². The van der Waals surface area contributed by atoms with Crippen molar-refractivity contribution in [1.82, 2.24) is 4.98 Å². The number of anilines is 2. The molecule has 1 aromatic carbocycles. The summed E-state index contributed by atoms with van der Waals surface area (Å²) in [6.07, 6.45) is 0.764. The number of benzene rings is 1. The highest BCUT2D eigenvalue weighted by Gasteiger charge is 2.22. The number of aromatic nitrogens is 1. The maximum atomic E-state index is 12.1. The average molecular weight is 388 g/mol. The fourth-order valence-corrected chi connectivity index (χ4v) is 2.45. The van der Waals surface area contributed by atoms with Gasteiger partial charge in [0.1, 0.15) is 11.4 Å². The normalized spacial score (nSPS) is 11.2. The summed E-state index contributed by atoms with van der Waals surface area (Å²) in [5, 5.41) is 14.0. The highest BCUT2D eigenvalue weighted by Crippen LogP contribution is 2.36. The first-order valence-corrected chi connectivity index (χ1v) is 8.68. The minimum atomic E-state index is -0.639. The zero-order valence-corrected chi connectivity index (χ0v) is 16.5. The molecule has 2 aromatic rings. The maximum Gasteiger partial charge on any atom is 0.412 e. The molecule has 28 heavy (non-hydrogen) atoms. The summed E-state index contributed by atoms with van der Waals surface area (Å²) < 4.78 is 11.0. The van der Waals surface area contributed by atoms with Crippen LogP contribution in [0.4, 0.5) is 22.0 Å². The van der Waals surface area contributed by atoms with Crippen LogP contribution in [0.1, 0.15) is 46.1 Å². The average Bonchev–Trinajstić information content (AvgIpc) is 2.54. The molecule has 0 radical (unpaired) electrons. The quantitative estimate of drug-likeness (QED) is 0.554. The number of nitrogens with zero attached hydrogens (tertiary/aromatic N) is 2. The Kier molecular flexibility index (Phi) is 6.07. The smallest absolute Gasteiger partial charge is 0.412 e. The van der Waals surface area contributed by atoms with Crippen molar-refractivity contribution in [3.63, 3.8) is 0 Å². The molecule has 150 valence electrons. The Hall–Kier alpha value is -3.36. The molecule has 0 fully saturated rings. The number of nitrogen functional groups attached to an aromatic ring is 1. The van der Waals surface area contributed by atoms with Crippen LogP contribution in [-0.4, -0.2) is 21.6 Å². The third-order valence-electron chi connectivity index (χ3n) is 3.61. The predicted octanol–water partition coefficient (Wildman–Crippen LogP) is 4.83. The lowest BCUT2D eigenvalue weighted by atomic mass is 10.0. The zero-order chi connectivity index (χ0) is 21.1. The number of amides is 1. The van der Waals surface area contributed by atoms with E-state index in [9.17, 15) is 14.9 Å². The van der Waals surface area contributed by atoms with Crippen molar-refractivity contribution in [2.24, 2.45) is 0 Å². The third kappa shape index (κ3) is 5.32. The molecule has 2 rings (SSSR count). The van der Waals surface area contributed by atoms with Crippen LogP contribution in [0, 0.1) is 10.1 Å². The first-order valence-electron chi connectivity index (χ1n) is 8.68. The van der Waals surface area contributed by atoms with Crippen LogP contribution < -0.4 is 15.8 Å². The monoisotopic (exact) mass is 388 g/mol. The molecule has 1 aromatic heterocycles. The van der Waals surface area contributed by atoms with Crippen LogP contribution in [0.3, 0.4) is 0 Å². The van der Waals surface area contributed by atoms with Crippen molar-refractivity contribution >= 4 is 23.3 Å². The van der Waals surface area contributed by atoms with E-state index in [1.165, 1.54) is 12.3 Å². The molecule has 3 N–H and O–H groups in total. The second-order valence-corrected chi connectivity index (χ2v) is 7.43. The van der Waals surface area contributed by atoms with Gasteiger partial charge in [-0.25, -0.2) is 9.78 Å². The molecule has 0 spiro atoms. The molecule has 9 heteroatoms. The largest absolute Gasteiger partial charge is 0.450 e. The van der Waals surface area contributed by atoms with Gasteiger partial charge in [0.05, 0.1) is 4.92 Å². The van der Waals surface area contributed by atoms with Crippen molar-refractivity contribution in [2.45, 2.75) is 46.1 Å². The van der Waals surface area contributed by atoms with Gasteiger partial charge in [-0.15, -0.1) is 0 Å². The third-order valence-corrected chi connectivity index (χ3v) is 3.61. The SMILES string of the molecule is CC(C)c1cc(Oc2ccnc(N)c2[N+](=O)[O-])ccc1NC(=O)OC(C)(C)C. The number of nitro groups is 1. The van der Waals surface area contributed by atoms with E-state index in [0.29, 0.717) is 11.4 Å². The minimum absolute atomic E-state index is 0.0138. The summed E-state index contributed by atoms with van der Waals surface area (Å²) in [6, 6.07) is 6.33. The molecule has 9 nitrogen and oxygen atoms in total. The van der Waals surface area contributed by atoms with Gasteiger partial charge in [-0.2, -0.15) is 0 Å². The Morgan fingerprint density at radius 3 is 2.54 bits per heavy atom. The van der Waals surface area contributed by atoms with E-state index >= 15 is 0 Å². The fourth-order valence-electron chi connectivity index (χ4n) is 2.45. The summed E-state index contributed by atoms with van der Waals surface area (Å²) >= 11 is 0. The highest BCUT2D eigenvalue weighted by atomic mass is 16.6. The van der Waals surface area contributed by atoms with Gasteiger partial charge in [0.15, 0.2) is 0 Å². The van der Waals surface area contributed by atoms with E-state index in [1.807, 2.05) is 13.8 Å². The number of hydrogen-bond acceptors (Lipinski definition) is 7. The van der Waals surface area contributed by atoms with Gasteiger partial charge in [-0.1, -0.05) is 13.8 Å². The number of pyridine rings is 1. The predicted molar refractivity (Wildman–Crippen MR) is 106 cm³/mol. The summed E-state index contributed by atoms with van der Waals surface area (Å²) in [6.45, 7) is 9.24. The molecular weight excluding hydrogens is 364 g/mol. The van der Waals surface area contributed by atoms with Crippen LogP contribution in [-0.2, 0) is 4.74 Å². The lowest BCUT2D eigenvalue weighted by Crippen LogP contribution is -2.27. The van der Waals surface area contributed by atoms with Crippen molar-refractivity contribution in [3.05, 3.63) is 46.1 Å². The van der Waals surface area contributed by atoms with Gasteiger partial charge in [0.25, 0.3) is 0 Å². The number of ether oxygens (including phenoxy) is 2. The van der Waals surface area contributed by atoms with Crippen LogP contribution in [0.15, 0.2) is 30.5 Å². The van der Waals surface area contributed by atoms with Crippen molar-refractivity contribution < 1.29 is 19.2 Å². The molecule has 0 aliphatic heterocycles. The first-order chi connectivity index (χ1) is 13.0. The molecule has 0 saturated heterocycles. The fraction of sp³-hybridized carbons (Fsp3) is 0.368. The second kappa shape index (κ2) is 8.12. The second-order valence-electron chi connectivity index (χ2n) is 7.43. The van der Waals surface area contributed by atoms with Crippen molar-refractivity contribution in [3.8, 4) is 11.5 Å². The summed E-state index contributed by atoms with van der Waals surface area (Å²) in [4.78, 5) is 26.4. The zero-order valence-electron chi connectivity index (χ0n) is 16.5. The Labute approximate surface area is 163 Å². The van der Waals surface area contributed by atoms with Gasteiger partial charge >= 0.3 is 11.8 Å². The van der Waals surface area contributed by atoms with E-state index < -0.39 is 22.3 Å². The molecule has 0 aliphatic rings. The van der Waals surface area contributed by atoms with Gasteiger partial charge in [0, 0.05) is 18.0 Å². The highest BCUT2D eigenvalue weighted by molar-refractivity contribution is 5.86. The molecule has 1 amide bonds. The minimum Gasteiger partial charge on any atom is -0.450 e. The summed E-state index contributed by atoms with van der Waals surface area (Å²) in [5.41, 5.74) is 5.93. The van der Waals surface area contributed by atoms with Crippen LogP contribution >= 0.6 is 0 Å². The van der Waals surface area contributed by atoms with Gasteiger partial charge in [-0.3, -0.25) is 15.4 Å². The molecule has 0 atom stereocenters.